The van der Waals surface area contributed by atoms with Gasteiger partial charge >= 0.3 is 0 Å². The summed E-state index contributed by atoms with van der Waals surface area (Å²) in [5.74, 6) is 0.986. The van der Waals surface area contributed by atoms with E-state index in [2.05, 4.69) is 17.7 Å². The second kappa shape index (κ2) is 4.63. The molecule has 0 unspecified atom stereocenters. The molecule has 0 aliphatic heterocycles. The highest BCUT2D eigenvalue weighted by molar-refractivity contribution is 4.96. The van der Waals surface area contributed by atoms with Crippen molar-refractivity contribution in [2.24, 2.45) is 11.3 Å². The predicted octanol–water partition coefficient (Wildman–Crippen LogP) is 1.77. The van der Waals surface area contributed by atoms with Crippen LogP contribution in [0.2, 0.25) is 0 Å². The molecule has 0 heterocycles. The molecule has 0 amide bonds. The van der Waals surface area contributed by atoms with Gasteiger partial charge in [-0.15, -0.1) is 0 Å². The van der Waals surface area contributed by atoms with E-state index in [1.165, 1.54) is 58.2 Å². The van der Waals surface area contributed by atoms with Gasteiger partial charge in [-0.25, -0.2) is 0 Å². The minimum atomic E-state index is 0.632. The third kappa shape index (κ3) is 2.71. The smallest absolute Gasteiger partial charge is 0.00201 e. The average Bonchev–Trinajstić information content (AvgIpc) is 2.75. The van der Waals surface area contributed by atoms with Gasteiger partial charge in [-0.1, -0.05) is 12.8 Å². The zero-order valence-corrected chi connectivity index (χ0v) is 9.44. The zero-order chi connectivity index (χ0) is 9.86. The van der Waals surface area contributed by atoms with Crippen LogP contribution in [0.5, 0.6) is 0 Å². The van der Waals surface area contributed by atoms with Gasteiger partial charge in [-0.05, 0) is 50.6 Å². The van der Waals surface area contributed by atoms with Crippen molar-refractivity contribution in [3.05, 3.63) is 0 Å². The molecule has 0 spiro atoms. The third-order valence-electron chi connectivity index (χ3n) is 3.92. The highest BCUT2D eigenvalue weighted by Crippen LogP contribution is 2.44. The normalized spacial score (nSPS) is 25.5. The molecular formula is C12H24N2. The Kier molecular flexibility index (Phi) is 3.45. The molecule has 0 saturated heterocycles. The maximum atomic E-state index is 3.67. The Morgan fingerprint density at radius 2 is 1.86 bits per heavy atom. The molecule has 0 bridgehead atoms. The van der Waals surface area contributed by atoms with Crippen molar-refractivity contribution in [1.82, 2.24) is 10.6 Å². The largest absolute Gasteiger partial charge is 0.319 e. The Hall–Kier alpha value is -0.0800. The van der Waals surface area contributed by atoms with Crippen LogP contribution in [0.4, 0.5) is 0 Å². The molecule has 2 rings (SSSR count). The van der Waals surface area contributed by atoms with E-state index in [9.17, 15) is 0 Å². The lowest BCUT2D eigenvalue weighted by molar-refractivity contribution is 0.405. The van der Waals surface area contributed by atoms with E-state index >= 15 is 0 Å². The summed E-state index contributed by atoms with van der Waals surface area (Å²) in [6, 6.07) is 0. The molecule has 0 aromatic carbocycles. The molecule has 0 radical (unpaired) electrons. The van der Waals surface area contributed by atoms with Crippen molar-refractivity contribution >= 4 is 0 Å². The van der Waals surface area contributed by atoms with E-state index in [0.29, 0.717) is 5.41 Å². The lowest BCUT2D eigenvalue weighted by Gasteiger charge is -2.17. The molecule has 2 heteroatoms. The van der Waals surface area contributed by atoms with E-state index in [-0.39, 0.29) is 0 Å². The van der Waals surface area contributed by atoms with E-state index in [1.54, 1.807) is 0 Å². The van der Waals surface area contributed by atoms with Crippen molar-refractivity contribution in [3.8, 4) is 0 Å². The summed E-state index contributed by atoms with van der Waals surface area (Å²) in [6.07, 6.45) is 8.71. The van der Waals surface area contributed by atoms with Gasteiger partial charge in [0.1, 0.15) is 0 Å². The fourth-order valence-electron chi connectivity index (χ4n) is 2.72. The topological polar surface area (TPSA) is 24.1 Å². The van der Waals surface area contributed by atoms with Crippen molar-refractivity contribution in [2.75, 3.05) is 26.7 Å². The van der Waals surface area contributed by atoms with Crippen LogP contribution in [0, 0.1) is 11.3 Å². The molecule has 14 heavy (non-hydrogen) atoms. The minimum absolute atomic E-state index is 0.632. The van der Waals surface area contributed by atoms with Crippen LogP contribution in [0.3, 0.4) is 0 Å². The molecule has 0 atom stereocenters. The van der Waals surface area contributed by atoms with Gasteiger partial charge in [0.25, 0.3) is 0 Å². The van der Waals surface area contributed by atoms with Crippen molar-refractivity contribution in [2.45, 2.75) is 38.5 Å². The van der Waals surface area contributed by atoms with Gasteiger partial charge in [0.2, 0.25) is 0 Å². The number of hydrogen-bond donors (Lipinski definition) is 2. The van der Waals surface area contributed by atoms with Gasteiger partial charge < -0.3 is 10.6 Å². The quantitative estimate of drug-likeness (QED) is 0.676. The summed E-state index contributed by atoms with van der Waals surface area (Å²) in [5.41, 5.74) is 0.632. The molecule has 0 aromatic rings. The maximum Gasteiger partial charge on any atom is 0.00201 e. The van der Waals surface area contributed by atoms with E-state index in [0.717, 1.165) is 5.92 Å². The Bertz CT molecular complexity index is 169. The predicted molar refractivity (Wildman–Crippen MR) is 60.4 cm³/mol. The number of nitrogens with one attached hydrogen (secondary N) is 2. The van der Waals surface area contributed by atoms with Gasteiger partial charge in [0, 0.05) is 13.1 Å². The van der Waals surface area contributed by atoms with Crippen LogP contribution >= 0.6 is 0 Å². The summed E-state index contributed by atoms with van der Waals surface area (Å²) in [5, 5.41) is 6.98. The van der Waals surface area contributed by atoms with Crippen LogP contribution in [-0.2, 0) is 0 Å². The summed E-state index contributed by atoms with van der Waals surface area (Å²) in [4.78, 5) is 0. The average molecular weight is 196 g/mol. The Morgan fingerprint density at radius 3 is 2.43 bits per heavy atom. The lowest BCUT2D eigenvalue weighted by atomic mass is 10.1. The maximum absolute atomic E-state index is 3.67. The first-order valence-electron chi connectivity index (χ1n) is 6.20. The lowest BCUT2D eigenvalue weighted by Crippen LogP contribution is -2.33. The second-order valence-electron chi connectivity index (χ2n) is 5.31. The van der Waals surface area contributed by atoms with Crippen molar-refractivity contribution < 1.29 is 0 Å². The van der Waals surface area contributed by atoms with Crippen LogP contribution in [0.15, 0.2) is 0 Å². The van der Waals surface area contributed by atoms with E-state index < -0.39 is 0 Å². The van der Waals surface area contributed by atoms with Crippen molar-refractivity contribution in [1.29, 1.82) is 0 Å². The fourth-order valence-corrected chi connectivity index (χ4v) is 2.72. The monoisotopic (exact) mass is 196 g/mol. The Morgan fingerprint density at radius 1 is 1.14 bits per heavy atom. The first-order chi connectivity index (χ1) is 6.85. The first-order valence-corrected chi connectivity index (χ1v) is 6.20. The summed E-state index contributed by atoms with van der Waals surface area (Å²) in [7, 11) is 2.07. The fraction of sp³-hybridized carbons (Fsp3) is 1.00. The van der Waals surface area contributed by atoms with Crippen LogP contribution in [0.25, 0.3) is 0 Å². The number of rotatable bonds is 6. The van der Waals surface area contributed by atoms with E-state index in [4.69, 9.17) is 0 Å². The molecule has 2 N–H and O–H groups in total. The van der Waals surface area contributed by atoms with Crippen LogP contribution < -0.4 is 10.6 Å². The van der Waals surface area contributed by atoms with Gasteiger partial charge in [-0.2, -0.15) is 0 Å². The highest BCUT2D eigenvalue weighted by atomic mass is 14.9. The van der Waals surface area contributed by atoms with Crippen LogP contribution in [0.1, 0.15) is 38.5 Å². The summed E-state index contributed by atoms with van der Waals surface area (Å²) < 4.78 is 0. The molecule has 2 nitrogen and oxygen atoms in total. The molecule has 82 valence electrons. The Balaban J connectivity index is 1.58. The van der Waals surface area contributed by atoms with Crippen molar-refractivity contribution in [3.63, 3.8) is 0 Å². The number of hydrogen-bond acceptors (Lipinski definition) is 2. The molecule has 2 aliphatic carbocycles. The highest BCUT2D eigenvalue weighted by Gasteiger charge is 2.41. The molecule has 0 aromatic heterocycles. The Labute approximate surface area is 87.8 Å². The standard InChI is InChI=1S/C12H24N2/c1-13-9-12(6-7-12)10-14-8-11-4-2-3-5-11/h11,13-14H,2-10H2,1H3. The van der Waals surface area contributed by atoms with E-state index in [1.807, 2.05) is 0 Å². The van der Waals surface area contributed by atoms with Crippen LogP contribution in [-0.4, -0.2) is 26.7 Å². The van der Waals surface area contributed by atoms with Gasteiger partial charge in [0.15, 0.2) is 0 Å². The minimum Gasteiger partial charge on any atom is -0.319 e. The zero-order valence-electron chi connectivity index (χ0n) is 9.44. The molecular weight excluding hydrogens is 172 g/mol. The summed E-state index contributed by atoms with van der Waals surface area (Å²) >= 11 is 0. The third-order valence-corrected chi connectivity index (χ3v) is 3.92. The first kappa shape index (κ1) is 10.4. The second-order valence-corrected chi connectivity index (χ2v) is 5.31. The van der Waals surface area contributed by atoms with Gasteiger partial charge in [-0.3, -0.25) is 0 Å². The molecule has 2 fully saturated rings. The molecule has 2 saturated carbocycles. The summed E-state index contributed by atoms with van der Waals surface area (Å²) in [6.45, 7) is 3.71. The SMILES string of the molecule is CNCC1(CNCC2CCCC2)CC1. The van der Waals surface area contributed by atoms with Gasteiger partial charge in [0.05, 0.1) is 0 Å². The molecule has 2 aliphatic rings.